The van der Waals surface area contributed by atoms with Gasteiger partial charge in [-0.25, -0.2) is 14.5 Å². The number of hydrogen-bond donors (Lipinski definition) is 2. The van der Waals surface area contributed by atoms with Crippen LogP contribution in [0.3, 0.4) is 0 Å². The number of fused-ring (bicyclic) bond motifs is 1. The summed E-state index contributed by atoms with van der Waals surface area (Å²) >= 11 is 0. The lowest BCUT2D eigenvalue weighted by molar-refractivity contribution is -0.0802. The lowest BCUT2D eigenvalue weighted by atomic mass is 9.98. The van der Waals surface area contributed by atoms with Gasteiger partial charge in [0.05, 0.1) is 11.1 Å². The first-order valence-electron chi connectivity index (χ1n) is 10.4. The Morgan fingerprint density at radius 3 is 2.72 bits per heavy atom. The molecule has 166 valence electrons. The van der Waals surface area contributed by atoms with Crippen LogP contribution in [0.4, 0.5) is 11.6 Å². The highest BCUT2D eigenvalue weighted by molar-refractivity contribution is 5.75. The van der Waals surface area contributed by atoms with E-state index < -0.39 is 0 Å². The van der Waals surface area contributed by atoms with Crippen LogP contribution in [0.5, 0.6) is 5.88 Å². The number of methoxy groups -OCH3 is 1. The van der Waals surface area contributed by atoms with Crippen LogP contribution in [-0.2, 0) is 4.74 Å². The molecule has 0 aromatic carbocycles. The molecular formula is C22H25N7O3. The Morgan fingerprint density at radius 1 is 1.16 bits per heavy atom. The summed E-state index contributed by atoms with van der Waals surface area (Å²) < 4.78 is 18.8. The van der Waals surface area contributed by atoms with Gasteiger partial charge in [0, 0.05) is 44.2 Å². The van der Waals surface area contributed by atoms with Crippen LogP contribution in [0.2, 0.25) is 0 Å². The second-order valence-electron chi connectivity index (χ2n) is 8.08. The maximum Gasteiger partial charge on any atom is 0.262 e. The summed E-state index contributed by atoms with van der Waals surface area (Å²) in [6, 6.07) is 7.83. The highest BCUT2D eigenvalue weighted by atomic mass is 16.6. The van der Waals surface area contributed by atoms with Crippen LogP contribution in [0.1, 0.15) is 17.3 Å². The Bertz CT molecular complexity index is 1250. The minimum Gasteiger partial charge on any atom is -0.472 e. The molecule has 2 N–H and O–H groups in total. The monoisotopic (exact) mass is 435 g/mol. The zero-order valence-electron chi connectivity index (χ0n) is 18.5. The predicted molar refractivity (Wildman–Crippen MR) is 118 cm³/mol. The van der Waals surface area contributed by atoms with E-state index in [2.05, 4.69) is 30.9 Å². The van der Waals surface area contributed by atoms with Gasteiger partial charge in [0.15, 0.2) is 5.82 Å². The second-order valence-corrected chi connectivity index (χ2v) is 8.08. The lowest BCUT2D eigenvalue weighted by Gasteiger charge is -2.40. The van der Waals surface area contributed by atoms with Crippen molar-refractivity contribution in [3.05, 3.63) is 47.7 Å². The van der Waals surface area contributed by atoms with Crippen LogP contribution in [0.25, 0.3) is 16.6 Å². The zero-order valence-corrected chi connectivity index (χ0v) is 18.5. The highest BCUT2D eigenvalue weighted by Crippen LogP contribution is 2.34. The van der Waals surface area contributed by atoms with E-state index in [4.69, 9.17) is 14.0 Å². The van der Waals surface area contributed by atoms with Gasteiger partial charge < -0.3 is 24.6 Å². The molecule has 10 heteroatoms. The van der Waals surface area contributed by atoms with Crippen LogP contribution in [-0.4, -0.2) is 57.1 Å². The van der Waals surface area contributed by atoms with Crippen molar-refractivity contribution >= 4 is 17.2 Å². The third-order valence-corrected chi connectivity index (χ3v) is 5.60. The number of pyridine rings is 1. The molecule has 4 aromatic heterocycles. The van der Waals surface area contributed by atoms with E-state index in [1.165, 1.54) is 0 Å². The minimum atomic E-state index is -0.322. The van der Waals surface area contributed by atoms with Crippen molar-refractivity contribution < 1.29 is 14.0 Å². The van der Waals surface area contributed by atoms with Crippen LogP contribution in [0, 0.1) is 20.8 Å². The maximum absolute atomic E-state index is 6.01. The van der Waals surface area contributed by atoms with Crippen molar-refractivity contribution in [1.82, 2.24) is 30.1 Å². The van der Waals surface area contributed by atoms with E-state index >= 15 is 0 Å². The Morgan fingerprint density at radius 2 is 2.00 bits per heavy atom. The van der Waals surface area contributed by atoms with Gasteiger partial charge in [0.25, 0.3) is 5.88 Å². The fraction of sp³-hybridized carbons (Fsp3) is 0.364. The van der Waals surface area contributed by atoms with Gasteiger partial charge >= 0.3 is 0 Å². The smallest absolute Gasteiger partial charge is 0.262 e. The summed E-state index contributed by atoms with van der Waals surface area (Å²) in [7, 11) is 1.70. The molecule has 1 aliphatic rings. The van der Waals surface area contributed by atoms with Gasteiger partial charge in [0.2, 0.25) is 0 Å². The van der Waals surface area contributed by atoms with Crippen molar-refractivity contribution in [3.8, 4) is 17.0 Å². The SMILES string of the molecule is COC1(COc2noc(C)c2-c2ccn3nc(Nc4cc(C)nc(C)n4)cc3c2)CNC1. The first-order chi connectivity index (χ1) is 15.4. The quantitative estimate of drug-likeness (QED) is 0.452. The molecule has 1 fully saturated rings. The van der Waals surface area contributed by atoms with E-state index in [1.807, 2.05) is 51.2 Å². The number of anilines is 2. The third kappa shape index (κ3) is 3.78. The number of rotatable bonds is 7. The molecule has 0 spiro atoms. The molecule has 0 amide bonds. The molecule has 10 nitrogen and oxygen atoms in total. The first kappa shape index (κ1) is 20.4. The average molecular weight is 435 g/mol. The van der Waals surface area contributed by atoms with Gasteiger partial charge in [-0.2, -0.15) is 5.10 Å². The number of aryl methyl sites for hydroxylation is 3. The number of hydrogen-bond acceptors (Lipinski definition) is 9. The largest absolute Gasteiger partial charge is 0.472 e. The summed E-state index contributed by atoms with van der Waals surface area (Å²) in [4.78, 5) is 8.72. The van der Waals surface area contributed by atoms with E-state index in [9.17, 15) is 0 Å². The van der Waals surface area contributed by atoms with Crippen molar-refractivity contribution in [2.45, 2.75) is 26.4 Å². The van der Waals surface area contributed by atoms with E-state index in [0.717, 1.165) is 35.4 Å². The van der Waals surface area contributed by atoms with Crippen LogP contribution in [0.15, 0.2) is 35.0 Å². The van der Waals surface area contributed by atoms with Crippen molar-refractivity contribution in [1.29, 1.82) is 0 Å². The van der Waals surface area contributed by atoms with E-state index in [1.54, 1.807) is 11.6 Å². The van der Waals surface area contributed by atoms with Crippen molar-refractivity contribution in [2.75, 3.05) is 32.1 Å². The predicted octanol–water partition coefficient (Wildman–Crippen LogP) is 2.82. The fourth-order valence-corrected chi connectivity index (χ4v) is 3.81. The Hall–Kier alpha value is -3.50. The summed E-state index contributed by atoms with van der Waals surface area (Å²) in [6.45, 7) is 7.57. The summed E-state index contributed by atoms with van der Waals surface area (Å²) in [5, 5.41) is 15.2. The molecule has 32 heavy (non-hydrogen) atoms. The first-order valence-corrected chi connectivity index (χ1v) is 10.4. The molecule has 4 aromatic rings. The van der Waals surface area contributed by atoms with Gasteiger partial charge in [-0.05, 0) is 43.6 Å². The van der Waals surface area contributed by atoms with Gasteiger partial charge in [0.1, 0.15) is 29.6 Å². The summed E-state index contributed by atoms with van der Waals surface area (Å²) in [6.07, 6.45) is 1.90. The van der Waals surface area contributed by atoms with Crippen molar-refractivity contribution in [3.63, 3.8) is 0 Å². The molecule has 0 radical (unpaired) electrons. The third-order valence-electron chi connectivity index (χ3n) is 5.60. The standard InChI is InChI=1S/C22H25N7O3/c1-13-7-18(25-15(3)24-13)26-19-9-17-8-16(5-6-29(17)27-19)20-14(2)32-28-21(20)31-12-22(30-4)10-23-11-22/h5-9,23H,10-12H2,1-4H3,(H,24,25,26,27). The molecule has 0 bridgehead atoms. The lowest BCUT2D eigenvalue weighted by Crippen LogP contribution is -2.63. The van der Waals surface area contributed by atoms with Gasteiger partial charge in [-0.3, -0.25) is 0 Å². The Kier molecular flexibility index (Phi) is 5.03. The molecule has 0 saturated carbocycles. The Balaban J connectivity index is 1.41. The molecule has 0 aliphatic carbocycles. The average Bonchev–Trinajstić information content (AvgIpc) is 3.28. The van der Waals surface area contributed by atoms with Gasteiger partial charge in [-0.1, -0.05) is 0 Å². The minimum absolute atomic E-state index is 0.322. The molecule has 0 unspecified atom stereocenters. The maximum atomic E-state index is 6.01. The number of nitrogens with zero attached hydrogens (tertiary/aromatic N) is 5. The zero-order chi connectivity index (χ0) is 22.3. The highest BCUT2D eigenvalue weighted by Gasteiger charge is 2.38. The topological polar surface area (TPSA) is 112 Å². The van der Waals surface area contributed by atoms with Crippen LogP contribution >= 0.6 is 0 Å². The van der Waals surface area contributed by atoms with Crippen LogP contribution < -0.4 is 15.4 Å². The molecular weight excluding hydrogens is 410 g/mol. The number of aromatic nitrogens is 5. The summed E-state index contributed by atoms with van der Waals surface area (Å²) in [5.41, 5.74) is 3.25. The van der Waals surface area contributed by atoms with E-state index in [-0.39, 0.29) is 5.60 Å². The van der Waals surface area contributed by atoms with E-state index in [0.29, 0.717) is 35.7 Å². The fourth-order valence-electron chi connectivity index (χ4n) is 3.81. The van der Waals surface area contributed by atoms with Crippen molar-refractivity contribution in [2.24, 2.45) is 0 Å². The molecule has 5 rings (SSSR count). The number of nitrogens with one attached hydrogen (secondary N) is 2. The second kappa shape index (κ2) is 7.88. The molecule has 1 aliphatic heterocycles. The summed E-state index contributed by atoms with van der Waals surface area (Å²) in [5.74, 6) is 3.26. The normalized spacial score (nSPS) is 15.0. The molecule has 5 heterocycles. The van der Waals surface area contributed by atoms with Gasteiger partial charge in [-0.15, -0.1) is 0 Å². The molecule has 1 saturated heterocycles. The molecule has 0 atom stereocenters. The number of ether oxygens (including phenoxy) is 2. The Labute approximate surface area is 184 Å².